The summed E-state index contributed by atoms with van der Waals surface area (Å²) >= 11 is 1.20. The van der Waals surface area contributed by atoms with Gasteiger partial charge >= 0.3 is 0 Å². The maximum atomic E-state index is 12.1. The quantitative estimate of drug-likeness (QED) is 0.836. The van der Waals surface area contributed by atoms with Crippen molar-refractivity contribution in [1.29, 1.82) is 0 Å². The molecule has 118 valence electrons. The van der Waals surface area contributed by atoms with E-state index in [9.17, 15) is 13.2 Å². The third-order valence-electron chi connectivity index (χ3n) is 2.98. The van der Waals surface area contributed by atoms with Gasteiger partial charge in [0.15, 0.2) is 0 Å². The highest BCUT2D eigenvalue weighted by Gasteiger charge is 2.17. The van der Waals surface area contributed by atoms with Crippen LogP contribution in [0.5, 0.6) is 0 Å². The first-order valence-electron chi connectivity index (χ1n) is 6.62. The van der Waals surface area contributed by atoms with Gasteiger partial charge in [0.1, 0.15) is 5.51 Å². The van der Waals surface area contributed by atoms with Gasteiger partial charge in [-0.25, -0.2) is 13.1 Å². The Morgan fingerprint density at radius 2 is 2.00 bits per heavy atom. The van der Waals surface area contributed by atoms with Crippen molar-refractivity contribution in [1.82, 2.24) is 14.9 Å². The Balaban J connectivity index is 2.11. The topological polar surface area (TPSA) is 101 Å². The van der Waals surface area contributed by atoms with Gasteiger partial charge in [-0.15, -0.1) is 10.2 Å². The minimum atomic E-state index is -3.57. The Morgan fingerprint density at radius 1 is 1.32 bits per heavy atom. The zero-order valence-electron chi connectivity index (χ0n) is 12.1. The molecule has 0 aliphatic heterocycles. The molecule has 0 saturated heterocycles. The second-order valence-electron chi connectivity index (χ2n) is 4.65. The fourth-order valence-electron chi connectivity index (χ4n) is 1.60. The van der Waals surface area contributed by atoms with Crippen molar-refractivity contribution in [2.45, 2.75) is 31.2 Å². The van der Waals surface area contributed by atoms with E-state index in [1.54, 1.807) is 6.92 Å². The molecule has 1 atom stereocenters. The molecule has 0 fully saturated rings. The highest BCUT2D eigenvalue weighted by molar-refractivity contribution is 7.89. The van der Waals surface area contributed by atoms with E-state index in [1.807, 2.05) is 6.92 Å². The summed E-state index contributed by atoms with van der Waals surface area (Å²) in [5.74, 6) is -0.365. The van der Waals surface area contributed by atoms with E-state index < -0.39 is 10.0 Å². The highest BCUT2D eigenvalue weighted by Crippen LogP contribution is 2.14. The van der Waals surface area contributed by atoms with Crippen molar-refractivity contribution >= 4 is 32.4 Å². The minimum absolute atomic E-state index is 0.125. The number of amides is 1. The fraction of sp³-hybridized carbons (Fsp3) is 0.308. The number of hydrogen-bond donors (Lipinski definition) is 2. The first-order chi connectivity index (χ1) is 10.4. The van der Waals surface area contributed by atoms with Crippen LogP contribution in [0.25, 0.3) is 0 Å². The third-order valence-corrected chi connectivity index (χ3v) is 5.19. The predicted molar refractivity (Wildman–Crippen MR) is 84.4 cm³/mol. The summed E-state index contributed by atoms with van der Waals surface area (Å²) in [5, 5.41) is 10.3. The smallest absolute Gasteiger partial charge is 0.257 e. The Hall–Kier alpha value is -1.84. The van der Waals surface area contributed by atoms with Crippen molar-refractivity contribution in [2.24, 2.45) is 0 Å². The SMILES string of the molecule is CCC(C)NS(=O)(=O)c1ccc(C(=O)Nc2nncs2)cc1. The lowest BCUT2D eigenvalue weighted by Gasteiger charge is -2.12. The van der Waals surface area contributed by atoms with Crippen LogP contribution in [0.4, 0.5) is 5.13 Å². The van der Waals surface area contributed by atoms with Crippen molar-refractivity contribution < 1.29 is 13.2 Å². The van der Waals surface area contributed by atoms with Crippen molar-refractivity contribution in [2.75, 3.05) is 5.32 Å². The van der Waals surface area contributed by atoms with Gasteiger partial charge in [-0.3, -0.25) is 10.1 Å². The minimum Gasteiger partial charge on any atom is -0.296 e. The first kappa shape index (κ1) is 16.5. The molecule has 1 heterocycles. The van der Waals surface area contributed by atoms with E-state index in [2.05, 4.69) is 20.2 Å². The molecule has 7 nitrogen and oxygen atoms in total. The van der Waals surface area contributed by atoms with Gasteiger partial charge in [-0.05, 0) is 37.6 Å². The maximum Gasteiger partial charge on any atom is 0.257 e. The molecule has 0 bridgehead atoms. The summed E-state index contributed by atoms with van der Waals surface area (Å²) in [6.45, 7) is 3.69. The van der Waals surface area contributed by atoms with Crippen molar-refractivity contribution in [3.63, 3.8) is 0 Å². The number of rotatable bonds is 6. The Morgan fingerprint density at radius 3 is 2.55 bits per heavy atom. The number of sulfonamides is 1. The fourth-order valence-corrected chi connectivity index (χ4v) is 3.37. The number of carbonyl (C=O) groups is 1. The van der Waals surface area contributed by atoms with Gasteiger partial charge in [0.25, 0.3) is 5.91 Å². The number of nitrogens with zero attached hydrogens (tertiary/aromatic N) is 2. The second-order valence-corrected chi connectivity index (χ2v) is 7.20. The number of hydrogen-bond acceptors (Lipinski definition) is 6. The molecule has 1 amide bonds. The molecule has 2 rings (SSSR count). The number of carbonyl (C=O) groups excluding carboxylic acids is 1. The van der Waals surface area contributed by atoms with Crippen molar-refractivity contribution in [3.05, 3.63) is 35.3 Å². The van der Waals surface area contributed by atoms with Gasteiger partial charge in [0.2, 0.25) is 15.2 Å². The molecule has 0 radical (unpaired) electrons. The zero-order valence-corrected chi connectivity index (χ0v) is 13.7. The average Bonchev–Trinajstić information content (AvgIpc) is 2.99. The van der Waals surface area contributed by atoms with Crippen molar-refractivity contribution in [3.8, 4) is 0 Å². The summed E-state index contributed by atoms with van der Waals surface area (Å²) in [5.41, 5.74) is 1.85. The average molecular weight is 340 g/mol. The van der Waals surface area contributed by atoms with Gasteiger partial charge in [-0.1, -0.05) is 18.3 Å². The number of nitrogens with one attached hydrogen (secondary N) is 2. The van der Waals surface area contributed by atoms with Crippen LogP contribution in [0.3, 0.4) is 0 Å². The Labute approximate surface area is 132 Å². The summed E-state index contributed by atoms with van der Waals surface area (Å²) in [6.07, 6.45) is 0.696. The van der Waals surface area contributed by atoms with Crippen LogP contribution in [0.15, 0.2) is 34.7 Å². The number of aromatic nitrogens is 2. The van der Waals surface area contributed by atoms with E-state index in [-0.39, 0.29) is 16.8 Å². The molecule has 1 aromatic heterocycles. The van der Waals surface area contributed by atoms with Crippen LogP contribution in [-0.2, 0) is 10.0 Å². The summed E-state index contributed by atoms with van der Waals surface area (Å²) in [6, 6.07) is 5.58. The summed E-state index contributed by atoms with van der Waals surface area (Å²) < 4.78 is 26.8. The molecule has 2 N–H and O–H groups in total. The molecule has 22 heavy (non-hydrogen) atoms. The van der Waals surface area contributed by atoms with Crippen LogP contribution in [-0.4, -0.2) is 30.6 Å². The van der Waals surface area contributed by atoms with Gasteiger partial charge in [0, 0.05) is 11.6 Å². The molecule has 2 aromatic rings. The highest BCUT2D eigenvalue weighted by atomic mass is 32.2. The van der Waals surface area contributed by atoms with Crippen LogP contribution in [0.1, 0.15) is 30.6 Å². The lowest BCUT2D eigenvalue weighted by atomic mass is 10.2. The number of anilines is 1. The first-order valence-corrected chi connectivity index (χ1v) is 8.98. The van der Waals surface area contributed by atoms with Gasteiger partial charge < -0.3 is 0 Å². The molecular formula is C13H16N4O3S2. The predicted octanol–water partition coefficient (Wildman–Crippen LogP) is 1.87. The lowest BCUT2D eigenvalue weighted by molar-refractivity contribution is 0.102. The molecule has 9 heteroatoms. The summed E-state index contributed by atoms with van der Waals surface area (Å²) in [4.78, 5) is 12.1. The van der Waals surface area contributed by atoms with Crippen LogP contribution in [0, 0.1) is 0 Å². The lowest BCUT2D eigenvalue weighted by Crippen LogP contribution is -2.32. The van der Waals surface area contributed by atoms with Gasteiger partial charge in [-0.2, -0.15) is 0 Å². The largest absolute Gasteiger partial charge is 0.296 e. The molecule has 0 aliphatic carbocycles. The molecule has 0 aliphatic rings. The molecule has 1 aromatic carbocycles. The van der Waals surface area contributed by atoms with E-state index in [1.165, 1.54) is 41.1 Å². The molecule has 1 unspecified atom stereocenters. The summed E-state index contributed by atoms with van der Waals surface area (Å²) in [7, 11) is -3.57. The van der Waals surface area contributed by atoms with Crippen LogP contribution < -0.4 is 10.0 Å². The molecule has 0 saturated carbocycles. The second kappa shape index (κ2) is 6.95. The molecular weight excluding hydrogens is 324 g/mol. The van der Waals surface area contributed by atoms with E-state index in [4.69, 9.17) is 0 Å². The Kier molecular flexibility index (Phi) is 5.22. The third kappa shape index (κ3) is 4.09. The van der Waals surface area contributed by atoms with E-state index in [0.717, 1.165) is 0 Å². The van der Waals surface area contributed by atoms with Gasteiger partial charge in [0.05, 0.1) is 4.90 Å². The normalized spacial score (nSPS) is 12.8. The monoisotopic (exact) mass is 340 g/mol. The maximum absolute atomic E-state index is 12.1. The zero-order chi connectivity index (χ0) is 16.2. The molecule has 0 spiro atoms. The van der Waals surface area contributed by atoms with E-state index in [0.29, 0.717) is 17.1 Å². The number of benzene rings is 1. The standard InChI is InChI=1S/C13H16N4O3S2/c1-3-9(2)17-22(19,20)11-6-4-10(5-7-11)12(18)15-13-16-14-8-21-13/h4-9,17H,3H2,1-2H3,(H,15,16,18). The van der Waals surface area contributed by atoms with Crippen LogP contribution >= 0.6 is 11.3 Å². The van der Waals surface area contributed by atoms with Crippen LogP contribution in [0.2, 0.25) is 0 Å². The Bertz CT molecular complexity index is 727. The van der Waals surface area contributed by atoms with E-state index >= 15 is 0 Å².